The molecule has 1 unspecified atom stereocenters. The van der Waals surface area contributed by atoms with E-state index >= 15 is 0 Å². The monoisotopic (exact) mass is 298 g/mol. The van der Waals surface area contributed by atoms with Crippen molar-refractivity contribution in [3.8, 4) is 0 Å². The molecule has 0 aliphatic heterocycles. The second kappa shape index (κ2) is 4.78. The number of hydrogen-bond acceptors (Lipinski definition) is 0. The summed E-state index contributed by atoms with van der Waals surface area (Å²) in [5, 5.41) is 0. The summed E-state index contributed by atoms with van der Waals surface area (Å²) in [6.07, 6.45) is -8.04. The van der Waals surface area contributed by atoms with Crippen LogP contribution in [-0.2, 0) is 0 Å². The fourth-order valence-corrected chi connectivity index (χ4v) is 1.48. The molecule has 0 nitrogen and oxygen atoms in total. The first kappa shape index (κ1) is 16.7. The van der Waals surface area contributed by atoms with Crippen LogP contribution in [0.5, 0.6) is 0 Å². The van der Waals surface area contributed by atoms with Crippen LogP contribution in [-0.4, -0.2) is 36.5 Å². The molecule has 0 amide bonds. The molecule has 0 radical (unpaired) electrons. The van der Waals surface area contributed by atoms with Crippen LogP contribution in [0.4, 0.5) is 43.9 Å². The van der Waals surface area contributed by atoms with Crippen LogP contribution < -0.4 is 0 Å². The molecule has 0 fully saturated rings. The maximum Gasteiger partial charge on any atom is 0.460 e. The summed E-state index contributed by atoms with van der Waals surface area (Å²) in [5.74, 6) is -13.5. The van der Waals surface area contributed by atoms with E-state index in [-0.39, 0.29) is 0 Å². The van der Waals surface area contributed by atoms with Gasteiger partial charge in [0, 0.05) is 0 Å². The first-order chi connectivity index (χ1) is 7.31. The van der Waals surface area contributed by atoms with E-state index in [0.717, 1.165) is 0 Å². The molecule has 0 aliphatic carbocycles. The summed E-state index contributed by atoms with van der Waals surface area (Å²) in [7, 11) is -2.38. The molecule has 1 atom stereocenters. The molecule has 0 aromatic heterocycles. The largest absolute Gasteiger partial charge is 0.460 e. The lowest BCUT2D eigenvalue weighted by atomic mass is 10.1. The van der Waals surface area contributed by atoms with Crippen molar-refractivity contribution in [1.82, 2.24) is 0 Å². The van der Waals surface area contributed by atoms with E-state index in [1.54, 1.807) is 0 Å². The molecule has 0 spiro atoms. The van der Waals surface area contributed by atoms with Crippen molar-refractivity contribution in [3.05, 3.63) is 0 Å². The Morgan fingerprint density at radius 3 is 1.41 bits per heavy atom. The van der Waals surface area contributed by atoms with E-state index in [2.05, 4.69) is 0 Å². The molecule has 0 saturated carbocycles. The molecule has 0 heterocycles. The van der Waals surface area contributed by atoms with Crippen molar-refractivity contribution < 1.29 is 43.9 Å². The molecule has 17 heavy (non-hydrogen) atoms. The van der Waals surface area contributed by atoms with Crippen molar-refractivity contribution in [1.29, 1.82) is 0 Å². The van der Waals surface area contributed by atoms with Gasteiger partial charge in [0.05, 0.1) is 6.67 Å². The van der Waals surface area contributed by atoms with E-state index in [0.29, 0.717) is 0 Å². The first-order valence-corrected chi connectivity index (χ1v) is 5.03. The Bertz CT molecular complexity index is 256. The summed E-state index contributed by atoms with van der Waals surface area (Å²) < 4.78 is 120. The lowest BCUT2D eigenvalue weighted by molar-refractivity contribution is -0.381. The summed E-state index contributed by atoms with van der Waals surface area (Å²) in [5.41, 5.74) is -5.63. The maximum atomic E-state index is 12.5. The minimum absolute atomic E-state index is 1.23. The second-order valence-corrected chi connectivity index (χ2v) is 4.32. The Hall–Kier alpha value is -0.270. The van der Waals surface area contributed by atoms with Gasteiger partial charge in [0.1, 0.15) is 0 Å². The van der Waals surface area contributed by atoms with Crippen LogP contribution in [0.2, 0.25) is 0 Å². The fourth-order valence-electron chi connectivity index (χ4n) is 0.690. The molecular formula is C6H5F10P. The third-order valence-corrected chi connectivity index (χ3v) is 2.78. The van der Waals surface area contributed by atoms with Gasteiger partial charge in [-0.05, 0) is 14.7 Å². The van der Waals surface area contributed by atoms with Crippen molar-refractivity contribution in [2.45, 2.75) is 23.7 Å². The van der Waals surface area contributed by atoms with Gasteiger partial charge in [0.2, 0.25) is 0 Å². The molecule has 0 N–H and O–H groups in total. The van der Waals surface area contributed by atoms with E-state index in [9.17, 15) is 43.9 Å². The van der Waals surface area contributed by atoms with Crippen LogP contribution in [0.15, 0.2) is 0 Å². The van der Waals surface area contributed by atoms with Gasteiger partial charge >= 0.3 is 23.7 Å². The van der Waals surface area contributed by atoms with Crippen molar-refractivity contribution >= 4 is 8.58 Å². The molecule has 0 bridgehead atoms. The van der Waals surface area contributed by atoms with E-state index < -0.39 is 45.1 Å². The lowest BCUT2D eigenvalue weighted by Gasteiger charge is -2.33. The quantitative estimate of drug-likeness (QED) is 0.530. The second-order valence-electron chi connectivity index (χ2n) is 2.84. The lowest BCUT2D eigenvalue weighted by Crippen LogP contribution is -2.59. The highest BCUT2D eigenvalue weighted by Crippen LogP contribution is 2.58. The molecule has 0 rings (SSSR count). The minimum Gasteiger partial charge on any atom is -0.251 e. The van der Waals surface area contributed by atoms with E-state index in [1.807, 2.05) is 0 Å². The third kappa shape index (κ3) is 2.95. The van der Waals surface area contributed by atoms with Crippen LogP contribution in [0, 0.1) is 0 Å². The number of rotatable bonds is 5. The highest BCUT2D eigenvalue weighted by Gasteiger charge is 2.81. The van der Waals surface area contributed by atoms with Crippen LogP contribution in [0.3, 0.4) is 0 Å². The van der Waals surface area contributed by atoms with Crippen molar-refractivity contribution in [3.63, 3.8) is 0 Å². The number of halogens is 10. The summed E-state index contributed by atoms with van der Waals surface area (Å²) in [6, 6.07) is 0. The maximum absolute atomic E-state index is 12.5. The van der Waals surface area contributed by atoms with Crippen molar-refractivity contribution in [2.75, 3.05) is 12.8 Å². The Morgan fingerprint density at radius 1 is 0.706 bits per heavy atom. The van der Waals surface area contributed by atoms with Gasteiger partial charge in [-0.15, -0.1) is 0 Å². The zero-order valence-corrected chi connectivity index (χ0v) is 8.69. The highest BCUT2D eigenvalue weighted by atomic mass is 31.1. The molecule has 0 aromatic rings. The molecule has 104 valence electrons. The fraction of sp³-hybridized carbons (Fsp3) is 1.00. The normalized spacial score (nSPS) is 15.9. The first-order valence-electron chi connectivity index (χ1n) is 3.82. The van der Waals surface area contributed by atoms with Gasteiger partial charge in [-0.3, -0.25) is 4.39 Å². The van der Waals surface area contributed by atoms with Gasteiger partial charge in [0.15, 0.2) is 0 Å². The highest BCUT2D eigenvalue weighted by molar-refractivity contribution is 7.39. The third-order valence-electron chi connectivity index (χ3n) is 1.59. The van der Waals surface area contributed by atoms with E-state index in [1.165, 1.54) is 0 Å². The van der Waals surface area contributed by atoms with Gasteiger partial charge in [0.25, 0.3) is 0 Å². The summed E-state index contributed by atoms with van der Waals surface area (Å²) in [4.78, 5) is 0. The standard InChI is InChI=1S/C6H5F10P/c7-1-2-17-6(15,16)4(10,11)3(8,9)5(12,13)14/h17H,1-2H2. The number of alkyl halides is 10. The predicted octanol–water partition coefficient (Wildman–Crippen LogP) is 4.06. The Kier molecular flexibility index (Phi) is 4.70. The zero-order valence-electron chi connectivity index (χ0n) is 7.69. The Morgan fingerprint density at radius 2 is 1.12 bits per heavy atom. The predicted molar refractivity (Wildman–Crippen MR) is 40.1 cm³/mol. The van der Waals surface area contributed by atoms with Gasteiger partial charge in [-0.2, -0.15) is 39.5 Å². The van der Waals surface area contributed by atoms with Crippen LogP contribution >= 0.6 is 8.58 Å². The van der Waals surface area contributed by atoms with Gasteiger partial charge < -0.3 is 0 Å². The molecule has 0 saturated heterocycles. The Balaban J connectivity index is 5.24. The van der Waals surface area contributed by atoms with Gasteiger partial charge in [-0.1, -0.05) is 0 Å². The summed E-state index contributed by atoms with van der Waals surface area (Å²) >= 11 is 0. The SMILES string of the molecule is FCCPC(F)(F)C(F)(F)C(F)(F)C(F)(F)F. The molecule has 0 aromatic carbocycles. The van der Waals surface area contributed by atoms with Gasteiger partial charge in [-0.25, -0.2) is 0 Å². The zero-order chi connectivity index (χ0) is 14.1. The number of hydrogen-bond donors (Lipinski definition) is 0. The summed E-state index contributed by atoms with van der Waals surface area (Å²) in [6.45, 7) is -1.53. The van der Waals surface area contributed by atoms with Crippen LogP contribution in [0.1, 0.15) is 0 Å². The molecule has 0 aliphatic rings. The van der Waals surface area contributed by atoms with Crippen molar-refractivity contribution in [2.24, 2.45) is 0 Å². The van der Waals surface area contributed by atoms with Crippen LogP contribution in [0.25, 0.3) is 0 Å². The minimum atomic E-state index is -6.88. The average molecular weight is 298 g/mol. The average Bonchev–Trinajstić information content (AvgIpc) is 2.12. The topological polar surface area (TPSA) is 0 Å². The molecule has 11 heteroatoms. The smallest absolute Gasteiger partial charge is 0.251 e. The van der Waals surface area contributed by atoms with E-state index in [4.69, 9.17) is 0 Å². The molecular weight excluding hydrogens is 293 g/mol. The Labute approximate surface area is 90.1 Å².